The first-order valence-electron chi connectivity index (χ1n) is 5.12. The maximum absolute atomic E-state index is 3.74. The van der Waals surface area contributed by atoms with Crippen molar-refractivity contribution in [1.29, 1.82) is 0 Å². The van der Waals surface area contributed by atoms with Gasteiger partial charge < -0.3 is 0 Å². The largest absolute Gasteiger partial charge is 0.133 e. The molecule has 1 heterocycles. The molecule has 1 fully saturated rings. The molecular formula is C11H14Br2S. The Labute approximate surface area is 106 Å². The third kappa shape index (κ3) is 3.07. The molecule has 0 bridgehead atoms. The van der Waals surface area contributed by atoms with Gasteiger partial charge in [0, 0.05) is 9.70 Å². The van der Waals surface area contributed by atoms with Gasteiger partial charge in [-0.05, 0) is 53.2 Å². The van der Waals surface area contributed by atoms with Crippen molar-refractivity contribution >= 4 is 43.2 Å². The predicted octanol–water partition coefficient (Wildman–Crippen LogP) is 5.01. The minimum Gasteiger partial charge on any atom is -0.133 e. The lowest BCUT2D eigenvalue weighted by Crippen LogP contribution is -2.16. The van der Waals surface area contributed by atoms with Crippen LogP contribution in [0.25, 0.3) is 0 Å². The number of thiophene rings is 1. The average molecular weight is 338 g/mol. The van der Waals surface area contributed by atoms with Crippen LogP contribution in [-0.4, -0.2) is 4.83 Å². The van der Waals surface area contributed by atoms with E-state index in [0.717, 1.165) is 10.7 Å². The number of alkyl halides is 1. The summed E-state index contributed by atoms with van der Waals surface area (Å²) in [5.74, 6) is 0.902. The third-order valence-corrected chi connectivity index (χ3v) is 5.32. The SMILES string of the molecule is Brc1ccc(CC2CCCC(Br)C2)s1. The summed E-state index contributed by atoms with van der Waals surface area (Å²) < 4.78 is 1.26. The van der Waals surface area contributed by atoms with Gasteiger partial charge in [0.2, 0.25) is 0 Å². The minimum atomic E-state index is 0.768. The summed E-state index contributed by atoms with van der Waals surface area (Å²) in [6, 6.07) is 4.42. The summed E-state index contributed by atoms with van der Waals surface area (Å²) in [7, 11) is 0. The quantitative estimate of drug-likeness (QED) is 0.665. The van der Waals surface area contributed by atoms with Gasteiger partial charge in [-0.25, -0.2) is 0 Å². The first-order valence-corrected chi connectivity index (χ1v) is 7.65. The van der Waals surface area contributed by atoms with Crippen LogP contribution in [0.4, 0.5) is 0 Å². The summed E-state index contributed by atoms with van der Waals surface area (Å²) in [5.41, 5.74) is 0. The van der Waals surface area contributed by atoms with E-state index in [1.54, 1.807) is 0 Å². The van der Waals surface area contributed by atoms with Crippen LogP contribution >= 0.6 is 43.2 Å². The van der Waals surface area contributed by atoms with E-state index in [2.05, 4.69) is 44.0 Å². The summed E-state index contributed by atoms with van der Waals surface area (Å²) >= 11 is 9.14. The molecule has 2 unspecified atom stereocenters. The van der Waals surface area contributed by atoms with Gasteiger partial charge >= 0.3 is 0 Å². The molecule has 2 rings (SSSR count). The van der Waals surface area contributed by atoms with Crippen molar-refractivity contribution in [1.82, 2.24) is 0 Å². The van der Waals surface area contributed by atoms with Gasteiger partial charge in [-0.3, -0.25) is 0 Å². The van der Waals surface area contributed by atoms with Crippen molar-refractivity contribution in [2.75, 3.05) is 0 Å². The first kappa shape index (κ1) is 11.2. The molecular weight excluding hydrogens is 324 g/mol. The Morgan fingerprint density at radius 2 is 2.21 bits per heavy atom. The van der Waals surface area contributed by atoms with Gasteiger partial charge in [0.25, 0.3) is 0 Å². The number of hydrogen-bond acceptors (Lipinski definition) is 1. The molecule has 0 spiro atoms. The van der Waals surface area contributed by atoms with Crippen molar-refractivity contribution in [2.45, 2.75) is 36.9 Å². The first-order chi connectivity index (χ1) is 6.74. The molecule has 1 aliphatic carbocycles. The Morgan fingerprint density at radius 3 is 2.86 bits per heavy atom. The highest BCUT2D eigenvalue weighted by Gasteiger charge is 2.20. The Bertz CT molecular complexity index is 295. The molecule has 2 atom stereocenters. The molecule has 1 aliphatic rings. The Balaban J connectivity index is 1.90. The molecule has 0 amide bonds. The second-order valence-electron chi connectivity index (χ2n) is 4.04. The summed E-state index contributed by atoms with van der Waals surface area (Å²) in [4.78, 5) is 2.30. The predicted molar refractivity (Wildman–Crippen MR) is 70.4 cm³/mol. The smallest absolute Gasteiger partial charge is 0.0701 e. The number of rotatable bonds is 2. The minimum absolute atomic E-state index is 0.768. The van der Waals surface area contributed by atoms with Crippen LogP contribution in [0.3, 0.4) is 0 Å². The van der Waals surface area contributed by atoms with E-state index < -0.39 is 0 Å². The highest BCUT2D eigenvalue weighted by Crippen LogP contribution is 2.33. The molecule has 78 valence electrons. The van der Waals surface area contributed by atoms with Crippen molar-refractivity contribution in [2.24, 2.45) is 5.92 Å². The lowest BCUT2D eigenvalue weighted by molar-refractivity contribution is 0.369. The van der Waals surface area contributed by atoms with Crippen LogP contribution in [0.15, 0.2) is 15.9 Å². The van der Waals surface area contributed by atoms with Crippen LogP contribution < -0.4 is 0 Å². The molecule has 0 radical (unpaired) electrons. The summed E-state index contributed by atoms with van der Waals surface area (Å²) in [6.45, 7) is 0. The topological polar surface area (TPSA) is 0 Å². The number of hydrogen-bond donors (Lipinski definition) is 0. The highest BCUT2D eigenvalue weighted by atomic mass is 79.9. The van der Waals surface area contributed by atoms with E-state index in [1.165, 1.54) is 40.8 Å². The van der Waals surface area contributed by atoms with Gasteiger partial charge in [-0.15, -0.1) is 11.3 Å². The van der Waals surface area contributed by atoms with Crippen LogP contribution in [0.1, 0.15) is 30.6 Å². The second-order valence-corrected chi connectivity index (χ2v) is 7.88. The lowest BCUT2D eigenvalue weighted by Gasteiger charge is -2.25. The number of halogens is 2. The molecule has 0 aromatic carbocycles. The van der Waals surface area contributed by atoms with E-state index in [9.17, 15) is 0 Å². The van der Waals surface area contributed by atoms with Gasteiger partial charge in [0.05, 0.1) is 3.79 Å². The van der Waals surface area contributed by atoms with Crippen molar-refractivity contribution in [3.05, 3.63) is 20.8 Å². The highest BCUT2D eigenvalue weighted by molar-refractivity contribution is 9.11. The zero-order valence-corrected chi connectivity index (χ0v) is 12.0. The fraction of sp³-hybridized carbons (Fsp3) is 0.636. The molecule has 1 aromatic rings. The Morgan fingerprint density at radius 1 is 1.36 bits per heavy atom. The molecule has 0 aliphatic heterocycles. The van der Waals surface area contributed by atoms with E-state index in [-0.39, 0.29) is 0 Å². The lowest BCUT2D eigenvalue weighted by atomic mass is 9.86. The Hall–Kier alpha value is 0.660. The fourth-order valence-electron chi connectivity index (χ4n) is 2.16. The molecule has 3 heteroatoms. The van der Waals surface area contributed by atoms with Gasteiger partial charge in [-0.1, -0.05) is 28.8 Å². The van der Waals surface area contributed by atoms with E-state index in [4.69, 9.17) is 0 Å². The maximum atomic E-state index is 3.74. The molecule has 1 saturated carbocycles. The van der Waals surface area contributed by atoms with E-state index >= 15 is 0 Å². The van der Waals surface area contributed by atoms with E-state index in [0.29, 0.717) is 0 Å². The molecule has 14 heavy (non-hydrogen) atoms. The van der Waals surface area contributed by atoms with Crippen LogP contribution in [0.2, 0.25) is 0 Å². The van der Waals surface area contributed by atoms with Crippen LogP contribution in [0.5, 0.6) is 0 Å². The van der Waals surface area contributed by atoms with Gasteiger partial charge in [0.15, 0.2) is 0 Å². The average Bonchev–Trinajstić information content (AvgIpc) is 2.51. The van der Waals surface area contributed by atoms with Crippen molar-refractivity contribution in [3.8, 4) is 0 Å². The summed E-state index contributed by atoms with van der Waals surface area (Å²) in [5, 5.41) is 0. The van der Waals surface area contributed by atoms with Gasteiger partial charge in [-0.2, -0.15) is 0 Å². The van der Waals surface area contributed by atoms with Crippen LogP contribution in [-0.2, 0) is 6.42 Å². The molecule has 0 nitrogen and oxygen atoms in total. The third-order valence-electron chi connectivity index (χ3n) is 2.84. The molecule has 0 saturated heterocycles. The van der Waals surface area contributed by atoms with Gasteiger partial charge in [0.1, 0.15) is 0 Å². The van der Waals surface area contributed by atoms with Crippen LogP contribution in [0, 0.1) is 5.92 Å². The summed E-state index contributed by atoms with van der Waals surface area (Å²) in [6.07, 6.45) is 6.81. The van der Waals surface area contributed by atoms with Crippen molar-refractivity contribution in [3.63, 3.8) is 0 Å². The zero-order valence-electron chi connectivity index (χ0n) is 8.01. The van der Waals surface area contributed by atoms with Crippen molar-refractivity contribution < 1.29 is 0 Å². The standard InChI is InChI=1S/C11H14Br2S/c12-9-3-1-2-8(6-9)7-10-4-5-11(13)14-10/h4-5,8-9H,1-3,6-7H2. The van der Waals surface area contributed by atoms with E-state index in [1.807, 2.05) is 11.3 Å². The molecule has 1 aromatic heterocycles. The monoisotopic (exact) mass is 336 g/mol. The normalized spacial score (nSPS) is 27.9. The fourth-order valence-corrected chi connectivity index (χ4v) is 4.61. The Kier molecular flexibility index (Phi) is 4.09. The zero-order chi connectivity index (χ0) is 9.97. The molecule has 0 N–H and O–H groups in total. The second kappa shape index (κ2) is 5.13. The maximum Gasteiger partial charge on any atom is 0.0701 e.